The molecule has 0 fully saturated rings. The van der Waals surface area contributed by atoms with Crippen LogP contribution in [0, 0.1) is 0 Å². The highest BCUT2D eigenvalue weighted by Crippen LogP contribution is 2.39. The maximum atomic E-state index is 13.5. The third kappa shape index (κ3) is 3.13. The Labute approximate surface area is 116 Å². The smallest absolute Gasteiger partial charge is 0.357 e. The van der Waals surface area contributed by atoms with E-state index in [9.17, 15) is 13.2 Å². The van der Waals surface area contributed by atoms with Crippen LogP contribution in [0.5, 0.6) is 0 Å². The van der Waals surface area contributed by atoms with E-state index >= 15 is 0 Å². The predicted molar refractivity (Wildman–Crippen MR) is 74.7 cm³/mol. The summed E-state index contributed by atoms with van der Waals surface area (Å²) in [7, 11) is 0. The van der Waals surface area contributed by atoms with Gasteiger partial charge in [-0.25, -0.2) is 0 Å². The lowest BCUT2D eigenvalue weighted by Gasteiger charge is -2.34. The van der Waals surface area contributed by atoms with Gasteiger partial charge in [-0.15, -0.1) is 0 Å². The molecule has 1 nitrogen and oxygen atoms in total. The molecule has 0 saturated heterocycles. The first kappa shape index (κ1) is 14.4. The Bertz CT molecular complexity index is 522. The highest BCUT2D eigenvalue weighted by molar-refractivity contribution is 5.49. The zero-order chi connectivity index (χ0) is 14.6. The van der Waals surface area contributed by atoms with Crippen molar-refractivity contribution in [3.05, 3.63) is 66.2 Å². The number of nitrogens with zero attached hydrogens (tertiary/aromatic N) is 1. The van der Waals surface area contributed by atoms with Gasteiger partial charge in [-0.1, -0.05) is 48.5 Å². The molecule has 1 atom stereocenters. The van der Waals surface area contributed by atoms with Crippen molar-refractivity contribution >= 4 is 5.69 Å². The van der Waals surface area contributed by atoms with E-state index in [4.69, 9.17) is 0 Å². The first-order valence-electron chi connectivity index (χ1n) is 6.47. The zero-order valence-corrected chi connectivity index (χ0v) is 11.1. The van der Waals surface area contributed by atoms with E-state index in [-0.39, 0.29) is 12.1 Å². The minimum atomic E-state index is -4.33. The van der Waals surface area contributed by atoms with Crippen molar-refractivity contribution in [2.45, 2.75) is 19.1 Å². The summed E-state index contributed by atoms with van der Waals surface area (Å²) in [6, 6.07) is 15.1. The van der Waals surface area contributed by atoms with Crippen molar-refractivity contribution < 1.29 is 13.2 Å². The molecule has 0 amide bonds. The largest absolute Gasteiger partial charge is 0.412 e. The van der Waals surface area contributed by atoms with E-state index < -0.39 is 12.2 Å². The molecule has 20 heavy (non-hydrogen) atoms. The van der Waals surface area contributed by atoms with E-state index in [1.54, 1.807) is 55.5 Å². The van der Waals surface area contributed by atoms with Gasteiger partial charge in [0.25, 0.3) is 0 Å². The van der Waals surface area contributed by atoms with Gasteiger partial charge in [0.05, 0.1) is 0 Å². The third-order valence-electron chi connectivity index (χ3n) is 3.17. The van der Waals surface area contributed by atoms with Gasteiger partial charge in [0, 0.05) is 12.2 Å². The Morgan fingerprint density at radius 3 is 1.85 bits per heavy atom. The number of halogens is 3. The van der Waals surface area contributed by atoms with Gasteiger partial charge in [-0.05, 0) is 24.6 Å². The fourth-order valence-electron chi connectivity index (χ4n) is 2.31. The van der Waals surface area contributed by atoms with Crippen LogP contribution in [0.15, 0.2) is 60.7 Å². The van der Waals surface area contributed by atoms with Crippen LogP contribution < -0.4 is 4.90 Å². The normalized spacial score (nSPS) is 13.0. The van der Waals surface area contributed by atoms with Gasteiger partial charge in [0.1, 0.15) is 0 Å². The molecular formula is C16H16F3N. The van der Waals surface area contributed by atoms with Crippen molar-refractivity contribution in [3.8, 4) is 0 Å². The van der Waals surface area contributed by atoms with E-state index in [2.05, 4.69) is 0 Å². The predicted octanol–water partition coefficient (Wildman–Crippen LogP) is 4.82. The van der Waals surface area contributed by atoms with Gasteiger partial charge in [0.15, 0.2) is 6.04 Å². The maximum absolute atomic E-state index is 13.5. The van der Waals surface area contributed by atoms with Crippen LogP contribution in [0.1, 0.15) is 18.5 Å². The van der Waals surface area contributed by atoms with Crippen molar-refractivity contribution in [1.29, 1.82) is 0 Å². The number of alkyl halides is 3. The van der Waals surface area contributed by atoms with Crippen LogP contribution in [0.4, 0.5) is 18.9 Å². The molecule has 0 aliphatic carbocycles. The number of rotatable bonds is 4. The van der Waals surface area contributed by atoms with Crippen molar-refractivity contribution in [1.82, 2.24) is 0 Å². The minimum Gasteiger partial charge on any atom is -0.357 e. The van der Waals surface area contributed by atoms with Crippen molar-refractivity contribution in [3.63, 3.8) is 0 Å². The molecule has 0 bridgehead atoms. The van der Waals surface area contributed by atoms with Crippen LogP contribution in [0.3, 0.4) is 0 Å². The second-order valence-electron chi connectivity index (χ2n) is 4.48. The lowest BCUT2D eigenvalue weighted by Crippen LogP contribution is -2.38. The quantitative estimate of drug-likeness (QED) is 0.775. The second kappa shape index (κ2) is 5.99. The average molecular weight is 279 g/mol. The lowest BCUT2D eigenvalue weighted by molar-refractivity contribution is -0.150. The topological polar surface area (TPSA) is 3.24 Å². The van der Waals surface area contributed by atoms with Crippen LogP contribution in [-0.4, -0.2) is 12.7 Å². The number of benzene rings is 2. The summed E-state index contributed by atoms with van der Waals surface area (Å²) in [6.07, 6.45) is -4.33. The third-order valence-corrected chi connectivity index (χ3v) is 3.17. The van der Waals surface area contributed by atoms with Gasteiger partial charge in [-0.2, -0.15) is 13.2 Å². The molecule has 0 aliphatic heterocycles. The highest BCUT2D eigenvalue weighted by Gasteiger charge is 2.44. The van der Waals surface area contributed by atoms with E-state index in [0.717, 1.165) is 0 Å². The molecule has 4 heteroatoms. The summed E-state index contributed by atoms with van der Waals surface area (Å²) < 4.78 is 40.5. The monoisotopic (exact) mass is 279 g/mol. The number of hydrogen-bond acceptors (Lipinski definition) is 1. The first-order valence-corrected chi connectivity index (χ1v) is 6.47. The van der Waals surface area contributed by atoms with Gasteiger partial charge < -0.3 is 4.90 Å². The van der Waals surface area contributed by atoms with Crippen molar-refractivity contribution in [2.24, 2.45) is 0 Å². The fourth-order valence-corrected chi connectivity index (χ4v) is 2.31. The van der Waals surface area contributed by atoms with E-state index in [1.807, 2.05) is 0 Å². The summed E-state index contributed by atoms with van der Waals surface area (Å²) in [5.41, 5.74) is 0.826. The SMILES string of the molecule is CCN(c1ccccc1)C(c1ccccc1)C(F)(F)F. The number of para-hydroxylation sites is 1. The Balaban J connectivity index is 2.46. The molecule has 0 heterocycles. The molecule has 2 rings (SSSR count). The van der Waals surface area contributed by atoms with E-state index in [1.165, 1.54) is 17.0 Å². The molecular weight excluding hydrogens is 263 g/mol. The fraction of sp³-hybridized carbons (Fsp3) is 0.250. The molecule has 106 valence electrons. The molecule has 0 aromatic heterocycles. The number of anilines is 1. The van der Waals surface area contributed by atoms with Crippen LogP contribution in [-0.2, 0) is 0 Å². The molecule has 0 radical (unpaired) electrons. The van der Waals surface area contributed by atoms with E-state index in [0.29, 0.717) is 5.69 Å². The van der Waals surface area contributed by atoms with Gasteiger partial charge in [0.2, 0.25) is 0 Å². The number of hydrogen-bond donors (Lipinski definition) is 0. The Kier molecular flexibility index (Phi) is 4.32. The average Bonchev–Trinajstić information content (AvgIpc) is 2.45. The summed E-state index contributed by atoms with van der Waals surface area (Å²) in [5, 5.41) is 0. The summed E-state index contributed by atoms with van der Waals surface area (Å²) in [5.74, 6) is 0. The van der Waals surface area contributed by atoms with Crippen LogP contribution in [0.2, 0.25) is 0 Å². The molecule has 0 saturated carbocycles. The van der Waals surface area contributed by atoms with Crippen LogP contribution >= 0.6 is 0 Å². The highest BCUT2D eigenvalue weighted by atomic mass is 19.4. The lowest BCUT2D eigenvalue weighted by atomic mass is 10.0. The molecule has 1 unspecified atom stereocenters. The second-order valence-corrected chi connectivity index (χ2v) is 4.48. The molecule has 2 aromatic carbocycles. The molecule has 2 aromatic rings. The van der Waals surface area contributed by atoms with Gasteiger partial charge in [-0.3, -0.25) is 0 Å². The standard InChI is InChI=1S/C16H16F3N/c1-2-20(14-11-7-4-8-12-14)15(16(17,18)19)13-9-5-3-6-10-13/h3-12,15H,2H2,1H3. The maximum Gasteiger partial charge on any atom is 0.412 e. The zero-order valence-electron chi connectivity index (χ0n) is 11.1. The Morgan fingerprint density at radius 2 is 1.40 bits per heavy atom. The summed E-state index contributed by atoms with van der Waals surface area (Å²) in [6.45, 7) is 2.01. The Hall–Kier alpha value is -1.97. The first-order chi connectivity index (χ1) is 9.54. The van der Waals surface area contributed by atoms with Crippen LogP contribution in [0.25, 0.3) is 0 Å². The Morgan fingerprint density at radius 1 is 0.900 bits per heavy atom. The van der Waals surface area contributed by atoms with Crippen molar-refractivity contribution in [2.75, 3.05) is 11.4 Å². The molecule has 0 N–H and O–H groups in total. The van der Waals surface area contributed by atoms with Gasteiger partial charge >= 0.3 is 6.18 Å². The summed E-state index contributed by atoms with van der Waals surface area (Å²) >= 11 is 0. The summed E-state index contributed by atoms with van der Waals surface area (Å²) in [4.78, 5) is 1.37. The molecule has 0 spiro atoms. The molecule has 0 aliphatic rings. The minimum absolute atomic E-state index is 0.255.